The van der Waals surface area contributed by atoms with Gasteiger partial charge in [-0.3, -0.25) is 4.79 Å². The van der Waals surface area contributed by atoms with Crippen LogP contribution in [0.3, 0.4) is 0 Å². The van der Waals surface area contributed by atoms with Gasteiger partial charge in [0, 0.05) is 5.69 Å². The monoisotopic (exact) mass is 396 g/mol. The summed E-state index contributed by atoms with van der Waals surface area (Å²) < 4.78 is 27.8. The number of benzene rings is 2. The molecule has 0 atom stereocenters. The van der Waals surface area contributed by atoms with E-state index in [-0.39, 0.29) is 10.6 Å². The highest BCUT2D eigenvalue weighted by molar-refractivity contribution is 7.89. The summed E-state index contributed by atoms with van der Waals surface area (Å²) in [6.07, 6.45) is 0. The van der Waals surface area contributed by atoms with E-state index in [1.165, 1.54) is 12.1 Å². The highest BCUT2D eigenvalue weighted by atomic mass is 35.5. The molecule has 9 heteroatoms. The number of halogens is 1. The van der Waals surface area contributed by atoms with Gasteiger partial charge in [0.05, 0.1) is 10.6 Å². The zero-order valence-electron chi connectivity index (χ0n) is 14.1. The number of nitrogens with one attached hydrogen (secondary N) is 1. The maximum Gasteiger partial charge on any atom is 0.338 e. The first-order chi connectivity index (χ1) is 12.1. The first kappa shape index (κ1) is 19.9. The van der Waals surface area contributed by atoms with Crippen LogP contribution in [0.5, 0.6) is 0 Å². The zero-order chi connectivity index (χ0) is 19.5. The Balaban J connectivity index is 2.04. The van der Waals surface area contributed by atoms with Gasteiger partial charge in [-0.1, -0.05) is 23.7 Å². The molecule has 1 amide bonds. The highest BCUT2D eigenvalue weighted by Crippen LogP contribution is 2.22. The molecule has 2 rings (SSSR count). The minimum Gasteiger partial charge on any atom is -0.452 e. The van der Waals surface area contributed by atoms with Gasteiger partial charge in [-0.05, 0) is 49.2 Å². The number of hydrogen-bond donors (Lipinski definition) is 2. The molecule has 26 heavy (non-hydrogen) atoms. The van der Waals surface area contributed by atoms with Crippen LogP contribution in [0.25, 0.3) is 0 Å². The Morgan fingerprint density at radius 1 is 1.15 bits per heavy atom. The van der Waals surface area contributed by atoms with Gasteiger partial charge in [0.25, 0.3) is 5.91 Å². The molecule has 0 radical (unpaired) electrons. The number of ether oxygens (including phenoxy) is 1. The largest absolute Gasteiger partial charge is 0.452 e. The number of aryl methyl sites for hydroxylation is 2. The van der Waals surface area contributed by atoms with Gasteiger partial charge >= 0.3 is 5.97 Å². The summed E-state index contributed by atoms with van der Waals surface area (Å²) in [5, 5.41) is 7.57. The Bertz CT molecular complexity index is 973. The van der Waals surface area contributed by atoms with Gasteiger partial charge in [0.2, 0.25) is 10.0 Å². The van der Waals surface area contributed by atoms with Gasteiger partial charge in [-0.2, -0.15) is 0 Å². The van der Waals surface area contributed by atoms with E-state index in [2.05, 4.69) is 5.32 Å². The minimum atomic E-state index is -4.09. The van der Waals surface area contributed by atoms with Crippen molar-refractivity contribution in [3.05, 3.63) is 58.1 Å². The van der Waals surface area contributed by atoms with Crippen molar-refractivity contribution in [2.75, 3.05) is 11.9 Å². The molecule has 3 N–H and O–H groups in total. The maximum absolute atomic E-state index is 12.0. The molecule has 2 aromatic rings. The molecule has 0 unspecified atom stereocenters. The minimum absolute atomic E-state index is 0.0852. The van der Waals surface area contributed by atoms with Crippen molar-refractivity contribution in [2.24, 2.45) is 5.14 Å². The summed E-state index contributed by atoms with van der Waals surface area (Å²) in [6, 6.07) is 9.07. The Kier molecular flexibility index (Phi) is 6.01. The summed E-state index contributed by atoms with van der Waals surface area (Å²) in [7, 11) is -4.09. The zero-order valence-corrected chi connectivity index (χ0v) is 15.6. The molecule has 7 nitrogen and oxygen atoms in total. The van der Waals surface area contributed by atoms with Crippen LogP contribution in [0.2, 0.25) is 5.02 Å². The van der Waals surface area contributed by atoms with Crippen molar-refractivity contribution in [2.45, 2.75) is 18.7 Å². The fourth-order valence-corrected chi connectivity index (χ4v) is 3.19. The van der Waals surface area contributed by atoms with Crippen molar-refractivity contribution < 1.29 is 22.7 Å². The van der Waals surface area contributed by atoms with E-state index < -0.39 is 33.4 Å². The third kappa shape index (κ3) is 5.04. The van der Waals surface area contributed by atoms with Gasteiger partial charge < -0.3 is 10.1 Å². The number of hydrogen-bond acceptors (Lipinski definition) is 5. The fraction of sp³-hybridized carbons (Fsp3) is 0.176. The summed E-state index contributed by atoms with van der Waals surface area (Å²) in [5.74, 6) is -1.39. The number of anilines is 1. The molecule has 0 aromatic heterocycles. The Hall–Kier alpha value is -2.42. The van der Waals surface area contributed by atoms with Crippen molar-refractivity contribution in [3.63, 3.8) is 0 Å². The first-order valence-corrected chi connectivity index (χ1v) is 9.37. The van der Waals surface area contributed by atoms with Gasteiger partial charge in [0.15, 0.2) is 6.61 Å². The van der Waals surface area contributed by atoms with Crippen molar-refractivity contribution >= 4 is 39.2 Å². The number of rotatable bonds is 5. The number of carbonyl (C=O) groups excluding carboxylic acids is 2. The average Bonchev–Trinajstić information content (AvgIpc) is 2.55. The Morgan fingerprint density at radius 2 is 1.85 bits per heavy atom. The van der Waals surface area contributed by atoms with Crippen LogP contribution in [-0.4, -0.2) is 26.9 Å². The predicted molar refractivity (Wildman–Crippen MR) is 97.7 cm³/mol. The number of sulfonamides is 1. The van der Waals surface area contributed by atoms with Crippen molar-refractivity contribution in [3.8, 4) is 0 Å². The molecule has 2 aromatic carbocycles. The summed E-state index contributed by atoms with van der Waals surface area (Å²) >= 11 is 5.76. The van der Waals surface area contributed by atoms with Crippen LogP contribution in [-0.2, 0) is 19.6 Å². The molecule has 138 valence electrons. The van der Waals surface area contributed by atoms with Crippen LogP contribution in [0.15, 0.2) is 41.3 Å². The predicted octanol–water partition coefficient (Wildman–Crippen LogP) is 2.40. The normalized spacial score (nSPS) is 11.1. The lowest BCUT2D eigenvalue weighted by atomic mass is 10.1. The highest BCUT2D eigenvalue weighted by Gasteiger charge is 2.18. The van der Waals surface area contributed by atoms with Crippen molar-refractivity contribution in [1.29, 1.82) is 0 Å². The van der Waals surface area contributed by atoms with E-state index in [0.717, 1.165) is 17.2 Å². The first-order valence-electron chi connectivity index (χ1n) is 7.44. The maximum atomic E-state index is 12.0. The molecular weight excluding hydrogens is 380 g/mol. The lowest BCUT2D eigenvalue weighted by Crippen LogP contribution is -2.21. The number of nitrogens with two attached hydrogens (primary N) is 1. The number of esters is 1. The molecule has 0 bridgehead atoms. The molecule has 0 aliphatic carbocycles. The van der Waals surface area contributed by atoms with Crippen LogP contribution < -0.4 is 10.5 Å². The van der Waals surface area contributed by atoms with Gasteiger partial charge in [-0.25, -0.2) is 18.4 Å². The standard InChI is InChI=1S/C17H17ClN2O5S/c1-10-3-4-11(2)14(7-10)20-16(21)9-25-17(22)12-5-6-13(18)15(8-12)26(19,23)24/h3-8H,9H2,1-2H3,(H,20,21)(H2,19,23,24). The van der Waals surface area contributed by atoms with E-state index in [4.69, 9.17) is 21.5 Å². The number of primary sulfonamides is 1. The Morgan fingerprint density at radius 3 is 2.50 bits per heavy atom. The summed E-state index contributed by atoms with van der Waals surface area (Å²) in [6.45, 7) is 3.20. The third-order valence-corrected chi connectivity index (χ3v) is 4.87. The van der Waals surface area contributed by atoms with Gasteiger partial charge in [-0.15, -0.1) is 0 Å². The lowest BCUT2D eigenvalue weighted by molar-refractivity contribution is -0.119. The van der Waals surface area contributed by atoms with E-state index in [1.807, 2.05) is 26.0 Å². The Labute approximate surface area is 156 Å². The molecule has 0 saturated heterocycles. The SMILES string of the molecule is Cc1ccc(C)c(NC(=O)COC(=O)c2ccc(Cl)c(S(N)(=O)=O)c2)c1. The van der Waals surface area contributed by atoms with Gasteiger partial charge in [0.1, 0.15) is 4.90 Å². The molecule has 0 heterocycles. The quantitative estimate of drug-likeness (QED) is 0.753. The second-order valence-electron chi connectivity index (χ2n) is 5.63. The molecule has 0 aliphatic heterocycles. The van der Waals surface area contributed by atoms with E-state index >= 15 is 0 Å². The van der Waals surface area contributed by atoms with E-state index in [9.17, 15) is 18.0 Å². The fourth-order valence-electron chi connectivity index (χ4n) is 2.12. The molecule has 0 aliphatic rings. The molecule has 0 spiro atoms. The summed E-state index contributed by atoms with van der Waals surface area (Å²) in [4.78, 5) is 23.6. The number of amides is 1. The molecular formula is C17H17ClN2O5S. The van der Waals surface area contributed by atoms with Crippen molar-refractivity contribution in [1.82, 2.24) is 0 Å². The number of carbonyl (C=O) groups is 2. The van der Waals surface area contributed by atoms with E-state index in [0.29, 0.717) is 5.69 Å². The van der Waals surface area contributed by atoms with Crippen LogP contribution in [0, 0.1) is 13.8 Å². The second-order valence-corrected chi connectivity index (χ2v) is 7.57. The van der Waals surface area contributed by atoms with Crippen LogP contribution >= 0.6 is 11.6 Å². The smallest absolute Gasteiger partial charge is 0.338 e. The third-order valence-electron chi connectivity index (χ3n) is 3.47. The average molecular weight is 397 g/mol. The van der Waals surface area contributed by atoms with E-state index in [1.54, 1.807) is 6.07 Å². The summed E-state index contributed by atoms with van der Waals surface area (Å²) in [5.41, 5.74) is 2.37. The molecule has 0 fully saturated rings. The lowest BCUT2D eigenvalue weighted by Gasteiger charge is -2.10. The topological polar surface area (TPSA) is 116 Å². The molecule has 0 saturated carbocycles. The van der Waals surface area contributed by atoms with Crippen LogP contribution in [0.1, 0.15) is 21.5 Å². The van der Waals surface area contributed by atoms with Crippen LogP contribution in [0.4, 0.5) is 5.69 Å². The second kappa shape index (κ2) is 7.86.